The monoisotopic (exact) mass is 659 g/mol. The summed E-state index contributed by atoms with van der Waals surface area (Å²) in [5.41, 5.74) is 0. The smallest absolute Gasteiger partial charge is 0.249 e. The summed E-state index contributed by atoms with van der Waals surface area (Å²) in [6, 6.07) is -1.19. The lowest BCUT2D eigenvalue weighted by molar-refractivity contribution is -0.303. The second kappa shape index (κ2) is 26.5. The number of allylic oxidation sites excluding steroid dienone is 4. The zero-order valence-electron chi connectivity index (χ0n) is 28.3. The molecule has 0 aromatic rings. The van der Waals surface area contributed by atoms with Gasteiger partial charge in [0, 0.05) is 0 Å². The van der Waals surface area contributed by atoms with Crippen LogP contribution in [0.5, 0.6) is 0 Å². The largest absolute Gasteiger partial charge is 0.394 e. The van der Waals surface area contributed by atoms with E-state index in [2.05, 4.69) is 31.3 Å². The highest BCUT2D eigenvalue weighted by atomic mass is 16.7. The van der Waals surface area contributed by atoms with Gasteiger partial charge in [-0.15, -0.1) is 0 Å². The van der Waals surface area contributed by atoms with E-state index < -0.39 is 74.2 Å². The summed E-state index contributed by atoms with van der Waals surface area (Å²) in [6.07, 6.45) is 12.8. The lowest BCUT2D eigenvalue weighted by Gasteiger charge is -2.40. The molecule has 1 amide bonds. The molecule has 0 bridgehead atoms. The van der Waals surface area contributed by atoms with Crippen LogP contribution in [0, 0.1) is 0 Å². The molecule has 1 saturated heterocycles. The predicted molar refractivity (Wildman–Crippen MR) is 178 cm³/mol. The number of hydrogen-bond acceptors (Lipinski definition) is 10. The van der Waals surface area contributed by atoms with Crippen LogP contribution in [0.3, 0.4) is 0 Å². The quantitative estimate of drug-likeness (QED) is 0.0481. The van der Waals surface area contributed by atoms with Gasteiger partial charge >= 0.3 is 0 Å². The van der Waals surface area contributed by atoms with E-state index >= 15 is 0 Å². The Morgan fingerprint density at radius 1 is 0.739 bits per heavy atom. The van der Waals surface area contributed by atoms with E-state index in [-0.39, 0.29) is 12.8 Å². The zero-order chi connectivity index (χ0) is 34.2. The molecule has 1 aliphatic rings. The topological polar surface area (TPSA) is 189 Å². The van der Waals surface area contributed by atoms with Crippen molar-refractivity contribution in [2.45, 2.75) is 178 Å². The number of rotatable bonds is 27. The third kappa shape index (κ3) is 17.7. The van der Waals surface area contributed by atoms with Crippen LogP contribution in [0.2, 0.25) is 0 Å². The molecule has 11 nitrogen and oxygen atoms in total. The van der Waals surface area contributed by atoms with Gasteiger partial charge < -0.3 is 50.5 Å². The van der Waals surface area contributed by atoms with Crippen LogP contribution in [0.4, 0.5) is 0 Å². The maximum Gasteiger partial charge on any atom is 0.249 e. The lowest BCUT2D eigenvalue weighted by atomic mass is 9.99. The molecule has 0 aromatic carbocycles. The first-order valence-corrected chi connectivity index (χ1v) is 17.7. The second-order valence-electron chi connectivity index (χ2n) is 12.6. The highest BCUT2D eigenvalue weighted by molar-refractivity contribution is 5.80. The van der Waals surface area contributed by atoms with Crippen LogP contribution in [0.25, 0.3) is 0 Å². The molecule has 1 rings (SSSR count). The first-order valence-electron chi connectivity index (χ1n) is 17.7. The van der Waals surface area contributed by atoms with Crippen molar-refractivity contribution < 1.29 is 50.0 Å². The summed E-state index contributed by atoms with van der Waals surface area (Å²) in [6.45, 7) is 3.27. The first-order chi connectivity index (χ1) is 22.2. The van der Waals surface area contributed by atoms with E-state index in [0.717, 1.165) is 32.1 Å². The summed E-state index contributed by atoms with van der Waals surface area (Å²) in [4.78, 5) is 12.9. The maximum atomic E-state index is 12.9. The van der Waals surface area contributed by atoms with Crippen LogP contribution in [-0.4, -0.2) is 110 Å². The van der Waals surface area contributed by atoms with Crippen molar-refractivity contribution >= 4 is 5.91 Å². The number of ether oxygens (including phenoxy) is 2. The molecular formula is C35H65NO10. The minimum atomic E-state index is -1.67. The number of aliphatic hydroxyl groups excluding tert-OH is 7. The average molecular weight is 660 g/mol. The van der Waals surface area contributed by atoms with Crippen molar-refractivity contribution in [2.75, 3.05) is 13.2 Å². The molecule has 0 saturated carbocycles. The highest BCUT2D eigenvalue weighted by Gasteiger charge is 2.44. The first kappa shape index (κ1) is 42.6. The van der Waals surface area contributed by atoms with Gasteiger partial charge in [0.05, 0.1) is 25.4 Å². The summed E-state index contributed by atoms with van der Waals surface area (Å²) in [5, 5.41) is 74.7. The van der Waals surface area contributed by atoms with Crippen molar-refractivity contribution in [3.63, 3.8) is 0 Å². The van der Waals surface area contributed by atoms with Crippen LogP contribution in [-0.2, 0) is 14.3 Å². The molecular weight excluding hydrogens is 594 g/mol. The molecule has 11 heteroatoms. The van der Waals surface area contributed by atoms with Gasteiger partial charge in [-0.05, 0) is 57.8 Å². The van der Waals surface area contributed by atoms with Gasteiger partial charge in [0.1, 0.15) is 36.6 Å². The van der Waals surface area contributed by atoms with Gasteiger partial charge in [0.25, 0.3) is 0 Å². The number of hydrogen-bond donors (Lipinski definition) is 8. The molecule has 0 spiro atoms. The number of carbonyl (C=O) groups excluding carboxylic acids is 1. The average Bonchev–Trinajstić information content (AvgIpc) is 3.05. The SMILES string of the molecule is CCCCCC/C=C\CCC(O)C(=O)NC(COC1OC(CO)C(O)C(O)C1O)C(O)C(O)CCC/C=C/CCCCCCCC. The fourth-order valence-corrected chi connectivity index (χ4v) is 5.38. The maximum absolute atomic E-state index is 12.9. The van der Waals surface area contributed by atoms with E-state index in [1.165, 1.54) is 51.4 Å². The predicted octanol–water partition coefficient (Wildman–Crippen LogP) is 3.15. The fourth-order valence-electron chi connectivity index (χ4n) is 5.38. The van der Waals surface area contributed by atoms with Gasteiger partial charge in [0.15, 0.2) is 6.29 Å². The molecule has 8 N–H and O–H groups in total. The minimum Gasteiger partial charge on any atom is -0.394 e. The second-order valence-corrected chi connectivity index (χ2v) is 12.6. The van der Waals surface area contributed by atoms with Crippen LogP contribution in [0.1, 0.15) is 123 Å². The van der Waals surface area contributed by atoms with E-state index in [1.54, 1.807) is 0 Å². The Balaban J connectivity index is 2.68. The van der Waals surface area contributed by atoms with E-state index in [1.807, 2.05) is 12.2 Å². The summed E-state index contributed by atoms with van der Waals surface area (Å²) >= 11 is 0. The molecule has 0 aromatic heterocycles. The van der Waals surface area contributed by atoms with E-state index in [0.29, 0.717) is 12.8 Å². The van der Waals surface area contributed by atoms with Crippen molar-refractivity contribution in [1.29, 1.82) is 0 Å². The molecule has 0 radical (unpaired) electrons. The van der Waals surface area contributed by atoms with Gasteiger partial charge in [-0.3, -0.25) is 4.79 Å². The Bertz CT molecular complexity index is 810. The van der Waals surface area contributed by atoms with Crippen molar-refractivity contribution in [3.8, 4) is 0 Å². The van der Waals surface area contributed by atoms with Crippen LogP contribution >= 0.6 is 0 Å². The minimum absolute atomic E-state index is 0.168. The Kier molecular flexibility index (Phi) is 24.6. The third-order valence-electron chi connectivity index (χ3n) is 8.48. The van der Waals surface area contributed by atoms with E-state index in [4.69, 9.17) is 9.47 Å². The standard InChI is InChI=1S/C35H65NO10/c1-3-5-7-9-11-13-14-15-17-18-20-22-27(38)30(40)26(25-45-35-33(43)32(42)31(41)29(24-37)46-35)36-34(44)28(39)23-21-19-16-12-10-8-6-4-2/h15-17,19,26-33,35,37-43H,3-14,18,20-25H2,1-2H3,(H,36,44)/b17-15+,19-16-. The number of carbonyl (C=O) groups is 1. The normalized spacial score (nSPS) is 24.8. The number of amides is 1. The zero-order valence-corrected chi connectivity index (χ0v) is 28.3. The number of aliphatic hydroxyl groups is 7. The summed E-state index contributed by atoms with van der Waals surface area (Å²) < 4.78 is 11.0. The molecule has 1 fully saturated rings. The Morgan fingerprint density at radius 2 is 1.28 bits per heavy atom. The Hall–Kier alpha value is -1.41. The Labute approximate surface area is 276 Å². The molecule has 9 unspecified atom stereocenters. The van der Waals surface area contributed by atoms with Crippen LogP contribution in [0.15, 0.2) is 24.3 Å². The van der Waals surface area contributed by atoms with Crippen LogP contribution < -0.4 is 5.32 Å². The number of unbranched alkanes of at least 4 members (excludes halogenated alkanes) is 11. The van der Waals surface area contributed by atoms with Gasteiger partial charge in [-0.2, -0.15) is 0 Å². The van der Waals surface area contributed by atoms with Gasteiger partial charge in [0.2, 0.25) is 5.91 Å². The van der Waals surface area contributed by atoms with Gasteiger partial charge in [-0.1, -0.05) is 89.5 Å². The van der Waals surface area contributed by atoms with Crippen molar-refractivity contribution in [1.82, 2.24) is 5.32 Å². The molecule has 9 atom stereocenters. The van der Waals surface area contributed by atoms with Crippen molar-refractivity contribution in [3.05, 3.63) is 24.3 Å². The van der Waals surface area contributed by atoms with Gasteiger partial charge in [-0.25, -0.2) is 0 Å². The molecule has 1 aliphatic heterocycles. The summed E-state index contributed by atoms with van der Waals surface area (Å²) in [5.74, 6) is -0.748. The molecule has 46 heavy (non-hydrogen) atoms. The molecule has 270 valence electrons. The molecule has 1 heterocycles. The lowest BCUT2D eigenvalue weighted by Crippen LogP contribution is -2.60. The number of nitrogens with one attached hydrogen (secondary N) is 1. The fraction of sp³-hybridized carbons (Fsp3) is 0.857. The van der Waals surface area contributed by atoms with E-state index in [9.17, 15) is 40.5 Å². The molecule has 0 aliphatic carbocycles. The summed E-state index contributed by atoms with van der Waals surface area (Å²) in [7, 11) is 0. The highest BCUT2D eigenvalue weighted by Crippen LogP contribution is 2.23. The van der Waals surface area contributed by atoms with Crippen molar-refractivity contribution in [2.24, 2.45) is 0 Å². The Morgan fingerprint density at radius 3 is 1.89 bits per heavy atom. The third-order valence-corrected chi connectivity index (χ3v) is 8.48.